The van der Waals surface area contributed by atoms with E-state index in [-0.39, 0.29) is 21.8 Å². The molecule has 0 spiro atoms. The van der Waals surface area contributed by atoms with E-state index < -0.39 is 10.0 Å². The maximum atomic E-state index is 11.4. The maximum absolute atomic E-state index is 11.4. The maximum Gasteiger partial charge on any atom is 0.237 e. The number of amidine groups is 1. The van der Waals surface area contributed by atoms with Crippen LogP contribution in [0.4, 0.5) is 0 Å². The number of sulfonamides is 1. The van der Waals surface area contributed by atoms with E-state index >= 15 is 0 Å². The molecule has 1 saturated heterocycles. The second-order valence-corrected chi connectivity index (χ2v) is 11.0. The van der Waals surface area contributed by atoms with E-state index in [9.17, 15) is 8.42 Å². The molecular weight excluding hydrogens is 350 g/mol. The number of hydrogen-bond acceptors (Lipinski definition) is 4. The van der Waals surface area contributed by atoms with Gasteiger partial charge in [-0.25, -0.2) is 13.6 Å². The van der Waals surface area contributed by atoms with Crippen LogP contribution in [0.25, 0.3) is 0 Å². The highest BCUT2D eigenvalue weighted by Crippen LogP contribution is 2.63. The van der Waals surface area contributed by atoms with Crippen LogP contribution >= 0.6 is 0 Å². The fraction of sp³-hybridized carbons (Fsp3) is 0.737. The molecule has 1 aliphatic heterocycles. The number of hydroxylamine groups is 1. The second-order valence-electron chi connectivity index (χ2n) is 9.43. The van der Waals surface area contributed by atoms with Crippen LogP contribution in [-0.2, 0) is 14.9 Å². The first-order chi connectivity index (χ1) is 11.9. The molecule has 0 aromatic heterocycles. The summed E-state index contributed by atoms with van der Waals surface area (Å²) in [4.78, 5) is 10.6. The molecule has 0 bridgehead atoms. The number of nitrogens with zero attached hydrogens (tertiary/aromatic N) is 1. The molecule has 4 atom stereocenters. The van der Waals surface area contributed by atoms with Gasteiger partial charge in [0.25, 0.3) is 0 Å². The van der Waals surface area contributed by atoms with Crippen molar-refractivity contribution in [3.05, 3.63) is 23.1 Å². The van der Waals surface area contributed by atoms with Gasteiger partial charge in [0.2, 0.25) is 10.0 Å². The average Bonchev–Trinajstić information content (AvgIpc) is 2.85. The van der Waals surface area contributed by atoms with Crippen molar-refractivity contribution in [2.45, 2.75) is 53.6 Å². The predicted octanol–water partition coefficient (Wildman–Crippen LogP) is 2.75. The second kappa shape index (κ2) is 6.46. The highest BCUT2D eigenvalue weighted by molar-refractivity contribution is 7.93. The summed E-state index contributed by atoms with van der Waals surface area (Å²) in [6.07, 6.45) is 7.10. The zero-order valence-electron chi connectivity index (χ0n) is 16.3. The van der Waals surface area contributed by atoms with Crippen molar-refractivity contribution < 1.29 is 13.3 Å². The van der Waals surface area contributed by atoms with Crippen molar-refractivity contribution in [1.82, 2.24) is 5.48 Å². The number of primary sulfonamides is 1. The van der Waals surface area contributed by atoms with Crippen molar-refractivity contribution in [2.24, 2.45) is 38.7 Å². The highest BCUT2D eigenvalue weighted by atomic mass is 32.2. The summed E-state index contributed by atoms with van der Waals surface area (Å²) in [5.41, 5.74) is 3.28. The summed E-state index contributed by atoms with van der Waals surface area (Å²) >= 11 is 0. The Morgan fingerprint density at radius 1 is 1.38 bits per heavy atom. The van der Waals surface area contributed by atoms with Gasteiger partial charge in [0.1, 0.15) is 5.84 Å². The standard InChI is InChI=1S/C19H31N3O3S/c1-18(2,3)15-10-16(22-25-15)21-11-14-17(19(14,4)5)12-6-8-13(9-7-12)26(20,23)24/h6,8-9,12,14-15,17H,7,10-11H2,1-5H3,(H,21,22)(H2,20,23,24). The molecule has 4 unspecified atom stereocenters. The van der Waals surface area contributed by atoms with Crippen LogP contribution < -0.4 is 10.6 Å². The number of allylic oxidation sites excluding steroid dienone is 3. The highest BCUT2D eigenvalue weighted by Gasteiger charge is 2.59. The Morgan fingerprint density at radius 2 is 2.08 bits per heavy atom. The fourth-order valence-electron chi connectivity index (χ4n) is 4.27. The number of aliphatic imine (C=N–C) groups is 1. The van der Waals surface area contributed by atoms with E-state index in [0.29, 0.717) is 17.8 Å². The largest absolute Gasteiger partial charge is 0.271 e. The first-order valence-electron chi connectivity index (χ1n) is 9.27. The molecule has 0 aromatic rings. The SMILES string of the molecule is CC(C)(C)C1CC(=NCC2C(C3C=CC(S(N)(=O)=O)=CC3)C2(C)C)NO1. The predicted molar refractivity (Wildman–Crippen MR) is 104 cm³/mol. The first kappa shape index (κ1) is 19.6. The Kier molecular flexibility index (Phi) is 4.86. The summed E-state index contributed by atoms with van der Waals surface area (Å²) in [5.74, 6) is 2.27. The van der Waals surface area contributed by atoms with Crippen LogP contribution in [0.1, 0.15) is 47.5 Å². The van der Waals surface area contributed by atoms with Crippen molar-refractivity contribution in [3.8, 4) is 0 Å². The van der Waals surface area contributed by atoms with Gasteiger partial charge in [0.05, 0.1) is 11.0 Å². The lowest BCUT2D eigenvalue weighted by Gasteiger charge is -2.23. The molecule has 3 aliphatic rings. The summed E-state index contributed by atoms with van der Waals surface area (Å²) < 4.78 is 22.9. The van der Waals surface area contributed by atoms with Gasteiger partial charge >= 0.3 is 0 Å². The number of hydrogen-bond donors (Lipinski definition) is 2. The monoisotopic (exact) mass is 381 g/mol. The molecule has 0 amide bonds. The molecule has 1 saturated carbocycles. The van der Waals surface area contributed by atoms with Crippen molar-refractivity contribution >= 4 is 15.9 Å². The summed E-state index contributed by atoms with van der Waals surface area (Å²) in [7, 11) is -3.61. The quantitative estimate of drug-likeness (QED) is 0.783. The molecule has 6 nitrogen and oxygen atoms in total. The summed E-state index contributed by atoms with van der Waals surface area (Å²) in [6, 6.07) is 0. The molecule has 26 heavy (non-hydrogen) atoms. The van der Waals surface area contributed by atoms with Gasteiger partial charge in [-0.15, -0.1) is 0 Å². The number of rotatable bonds is 4. The Hall–Kier alpha value is -1.18. The molecule has 2 aliphatic carbocycles. The third-order valence-electron chi connectivity index (χ3n) is 6.17. The van der Waals surface area contributed by atoms with Gasteiger partial charge in [0, 0.05) is 13.0 Å². The van der Waals surface area contributed by atoms with Crippen LogP contribution in [0.3, 0.4) is 0 Å². The van der Waals surface area contributed by atoms with Gasteiger partial charge in [-0.05, 0) is 41.1 Å². The van der Waals surface area contributed by atoms with Crippen LogP contribution in [0.15, 0.2) is 28.1 Å². The first-order valence-corrected chi connectivity index (χ1v) is 10.8. The Labute approximate surface area is 157 Å². The lowest BCUT2D eigenvalue weighted by Crippen LogP contribution is -2.26. The molecule has 3 N–H and O–H groups in total. The Balaban J connectivity index is 1.59. The van der Waals surface area contributed by atoms with E-state index in [4.69, 9.17) is 15.0 Å². The minimum Gasteiger partial charge on any atom is -0.271 e. The lowest BCUT2D eigenvalue weighted by atomic mass is 9.87. The van der Waals surface area contributed by atoms with Gasteiger partial charge in [-0.2, -0.15) is 0 Å². The summed E-state index contributed by atoms with van der Waals surface area (Å²) in [6.45, 7) is 11.8. The molecule has 3 rings (SSSR count). The summed E-state index contributed by atoms with van der Waals surface area (Å²) in [5, 5.41) is 5.20. The van der Waals surface area contributed by atoms with E-state index in [1.54, 1.807) is 12.2 Å². The van der Waals surface area contributed by atoms with E-state index in [0.717, 1.165) is 25.2 Å². The van der Waals surface area contributed by atoms with Gasteiger partial charge in [-0.1, -0.05) is 46.8 Å². The normalized spacial score (nSPS) is 35.3. The van der Waals surface area contributed by atoms with Crippen LogP contribution in [-0.4, -0.2) is 26.9 Å². The van der Waals surface area contributed by atoms with E-state index in [2.05, 4.69) is 40.1 Å². The third-order valence-corrected chi connectivity index (χ3v) is 7.13. The third kappa shape index (κ3) is 3.89. The molecule has 1 heterocycles. The molecular formula is C19H31N3O3S. The molecule has 7 heteroatoms. The van der Waals surface area contributed by atoms with Crippen molar-refractivity contribution in [3.63, 3.8) is 0 Å². The van der Waals surface area contributed by atoms with Crippen LogP contribution in [0, 0.1) is 28.6 Å². The van der Waals surface area contributed by atoms with Gasteiger partial charge < -0.3 is 0 Å². The Morgan fingerprint density at radius 3 is 2.58 bits per heavy atom. The van der Waals surface area contributed by atoms with Crippen molar-refractivity contribution in [1.29, 1.82) is 0 Å². The minimum absolute atomic E-state index is 0.0892. The van der Waals surface area contributed by atoms with Crippen molar-refractivity contribution in [2.75, 3.05) is 6.54 Å². The fourth-order valence-corrected chi connectivity index (χ4v) is 4.86. The minimum atomic E-state index is -3.61. The number of nitrogens with two attached hydrogens (primary N) is 1. The molecule has 0 radical (unpaired) electrons. The molecule has 146 valence electrons. The topological polar surface area (TPSA) is 93.8 Å². The number of nitrogens with one attached hydrogen (secondary N) is 1. The zero-order chi connectivity index (χ0) is 19.3. The molecule has 0 aromatic carbocycles. The lowest BCUT2D eigenvalue weighted by molar-refractivity contribution is -0.0198. The molecule has 2 fully saturated rings. The Bertz CT molecular complexity index is 759. The zero-order valence-corrected chi connectivity index (χ0v) is 17.1. The van der Waals surface area contributed by atoms with Crippen LogP contribution in [0.5, 0.6) is 0 Å². The van der Waals surface area contributed by atoms with E-state index in [1.807, 2.05) is 6.08 Å². The smallest absolute Gasteiger partial charge is 0.237 e. The van der Waals surface area contributed by atoms with Gasteiger partial charge in [-0.3, -0.25) is 15.3 Å². The van der Waals surface area contributed by atoms with E-state index in [1.165, 1.54) is 0 Å². The average molecular weight is 382 g/mol. The van der Waals surface area contributed by atoms with Gasteiger partial charge in [0.15, 0.2) is 0 Å². The van der Waals surface area contributed by atoms with Crippen LogP contribution in [0.2, 0.25) is 0 Å².